The molecule has 0 saturated carbocycles. The fourth-order valence-electron chi connectivity index (χ4n) is 2.53. The standard InChI is InChI=1S/C17H24N2O3/c1-11(2)9-14-15(16(20)19-14)18-12(3)17(21)22-10-13-7-5-4-6-8-13/h4-8,11-12,14-15,18H,9-10H2,1-3H3,(H,19,20)/t12?,14-,15-/m1/s1. The molecule has 1 heterocycles. The maximum absolute atomic E-state index is 12.0. The Bertz CT molecular complexity index is 516. The van der Waals surface area contributed by atoms with Gasteiger partial charge in [-0.25, -0.2) is 0 Å². The molecular formula is C17H24N2O3. The first-order valence-electron chi connectivity index (χ1n) is 7.74. The first kappa shape index (κ1) is 16.5. The molecule has 1 fully saturated rings. The molecule has 0 spiro atoms. The second kappa shape index (κ2) is 7.40. The van der Waals surface area contributed by atoms with E-state index in [2.05, 4.69) is 24.5 Å². The molecule has 1 aromatic carbocycles. The monoisotopic (exact) mass is 304 g/mol. The van der Waals surface area contributed by atoms with Gasteiger partial charge in [0.05, 0.1) is 6.04 Å². The Morgan fingerprint density at radius 1 is 1.27 bits per heavy atom. The maximum atomic E-state index is 12.0. The van der Waals surface area contributed by atoms with Crippen molar-refractivity contribution in [2.45, 2.75) is 51.9 Å². The summed E-state index contributed by atoms with van der Waals surface area (Å²) in [5, 5.41) is 5.94. The van der Waals surface area contributed by atoms with Crippen LogP contribution in [0.25, 0.3) is 0 Å². The molecule has 2 N–H and O–H groups in total. The third-order valence-electron chi connectivity index (χ3n) is 3.74. The Labute approximate surface area is 131 Å². The highest BCUT2D eigenvalue weighted by Crippen LogP contribution is 2.16. The van der Waals surface area contributed by atoms with Crippen molar-refractivity contribution in [1.29, 1.82) is 0 Å². The van der Waals surface area contributed by atoms with Crippen molar-refractivity contribution in [1.82, 2.24) is 10.6 Å². The van der Waals surface area contributed by atoms with E-state index in [4.69, 9.17) is 4.74 Å². The lowest BCUT2D eigenvalue weighted by molar-refractivity contribution is -0.148. The number of hydrogen-bond acceptors (Lipinski definition) is 4. The van der Waals surface area contributed by atoms with Gasteiger partial charge in [0.25, 0.3) is 0 Å². The zero-order valence-electron chi connectivity index (χ0n) is 13.3. The van der Waals surface area contributed by atoms with E-state index >= 15 is 0 Å². The minimum Gasteiger partial charge on any atom is -0.460 e. The van der Waals surface area contributed by atoms with Crippen LogP contribution in [0.15, 0.2) is 30.3 Å². The van der Waals surface area contributed by atoms with Gasteiger partial charge in [-0.2, -0.15) is 0 Å². The lowest BCUT2D eigenvalue weighted by Crippen LogP contribution is -2.70. The van der Waals surface area contributed by atoms with Gasteiger partial charge in [-0.1, -0.05) is 44.2 Å². The molecule has 22 heavy (non-hydrogen) atoms. The summed E-state index contributed by atoms with van der Waals surface area (Å²) < 4.78 is 5.28. The van der Waals surface area contributed by atoms with Crippen LogP contribution >= 0.6 is 0 Å². The summed E-state index contributed by atoms with van der Waals surface area (Å²) in [7, 11) is 0. The van der Waals surface area contributed by atoms with Crippen molar-refractivity contribution in [2.75, 3.05) is 0 Å². The van der Waals surface area contributed by atoms with Crippen LogP contribution < -0.4 is 10.6 Å². The van der Waals surface area contributed by atoms with E-state index in [1.54, 1.807) is 6.92 Å². The summed E-state index contributed by atoms with van der Waals surface area (Å²) in [5.41, 5.74) is 0.946. The summed E-state index contributed by atoms with van der Waals surface area (Å²) in [6, 6.07) is 8.82. The number of carbonyl (C=O) groups is 2. The molecule has 5 heteroatoms. The van der Waals surface area contributed by atoms with Gasteiger partial charge in [0, 0.05) is 0 Å². The number of esters is 1. The van der Waals surface area contributed by atoms with Crippen LogP contribution in [0.2, 0.25) is 0 Å². The first-order chi connectivity index (χ1) is 10.5. The number of amides is 1. The normalized spacial score (nSPS) is 21.9. The number of hydrogen-bond donors (Lipinski definition) is 2. The van der Waals surface area contributed by atoms with Gasteiger partial charge in [-0.05, 0) is 24.8 Å². The molecule has 1 amide bonds. The van der Waals surface area contributed by atoms with Gasteiger partial charge in [0.15, 0.2) is 0 Å². The molecular weight excluding hydrogens is 280 g/mol. The fourth-order valence-corrected chi connectivity index (χ4v) is 2.53. The molecule has 1 unspecified atom stereocenters. The molecule has 0 aromatic heterocycles. The minimum absolute atomic E-state index is 0.0478. The fraction of sp³-hybridized carbons (Fsp3) is 0.529. The van der Waals surface area contributed by atoms with Crippen LogP contribution in [0, 0.1) is 5.92 Å². The Hall–Kier alpha value is -1.88. The molecule has 3 atom stereocenters. The molecule has 0 radical (unpaired) electrons. The van der Waals surface area contributed by atoms with Crippen LogP contribution in [0.1, 0.15) is 32.8 Å². The number of carbonyl (C=O) groups excluding carboxylic acids is 2. The zero-order chi connectivity index (χ0) is 16.1. The van der Waals surface area contributed by atoms with E-state index in [-0.39, 0.29) is 30.6 Å². The number of ether oxygens (including phenoxy) is 1. The van der Waals surface area contributed by atoms with Crippen LogP contribution in [-0.4, -0.2) is 30.0 Å². The SMILES string of the molecule is CC(C)C[C@H]1NC(=O)[C@@H]1NC(C)C(=O)OCc1ccccc1. The number of benzene rings is 1. The molecule has 5 nitrogen and oxygen atoms in total. The highest BCUT2D eigenvalue weighted by Gasteiger charge is 2.40. The van der Waals surface area contributed by atoms with Crippen molar-refractivity contribution in [3.8, 4) is 0 Å². The number of rotatable bonds is 7. The van der Waals surface area contributed by atoms with Crippen molar-refractivity contribution in [3.63, 3.8) is 0 Å². The molecule has 120 valence electrons. The minimum atomic E-state index is -0.505. The lowest BCUT2D eigenvalue weighted by atomic mass is 9.90. The molecule has 1 aliphatic rings. The molecule has 0 aliphatic carbocycles. The van der Waals surface area contributed by atoms with Crippen LogP contribution in [-0.2, 0) is 20.9 Å². The Kier molecular flexibility index (Phi) is 5.55. The summed E-state index contributed by atoms with van der Waals surface area (Å²) >= 11 is 0. The van der Waals surface area contributed by atoms with Crippen LogP contribution in [0.5, 0.6) is 0 Å². The van der Waals surface area contributed by atoms with Gasteiger partial charge >= 0.3 is 5.97 Å². The second-order valence-electron chi connectivity index (χ2n) is 6.20. The van der Waals surface area contributed by atoms with E-state index in [1.807, 2.05) is 30.3 Å². The van der Waals surface area contributed by atoms with Gasteiger partial charge in [0.2, 0.25) is 5.91 Å². The molecule has 1 saturated heterocycles. The van der Waals surface area contributed by atoms with Crippen molar-refractivity contribution >= 4 is 11.9 Å². The van der Waals surface area contributed by atoms with E-state index in [0.29, 0.717) is 5.92 Å². The van der Waals surface area contributed by atoms with E-state index in [9.17, 15) is 9.59 Å². The van der Waals surface area contributed by atoms with Gasteiger partial charge in [0.1, 0.15) is 18.7 Å². The Morgan fingerprint density at radius 3 is 2.55 bits per heavy atom. The number of β-lactam (4-membered cyclic amide) rings is 1. The molecule has 1 aliphatic heterocycles. The third-order valence-corrected chi connectivity index (χ3v) is 3.74. The van der Waals surface area contributed by atoms with Crippen molar-refractivity contribution < 1.29 is 14.3 Å². The van der Waals surface area contributed by atoms with Gasteiger partial charge in [-0.3, -0.25) is 14.9 Å². The molecule has 1 aromatic rings. The lowest BCUT2D eigenvalue weighted by Gasteiger charge is -2.39. The van der Waals surface area contributed by atoms with Gasteiger partial charge < -0.3 is 10.1 Å². The van der Waals surface area contributed by atoms with Gasteiger partial charge in [-0.15, -0.1) is 0 Å². The zero-order valence-corrected chi connectivity index (χ0v) is 13.3. The molecule has 2 rings (SSSR count). The highest BCUT2D eigenvalue weighted by molar-refractivity contribution is 5.90. The quantitative estimate of drug-likeness (QED) is 0.593. The average Bonchev–Trinajstić information content (AvgIpc) is 2.50. The van der Waals surface area contributed by atoms with Crippen LogP contribution in [0.4, 0.5) is 0 Å². The predicted octanol–water partition coefficient (Wildman–Crippen LogP) is 1.62. The topological polar surface area (TPSA) is 67.4 Å². The summed E-state index contributed by atoms with van der Waals surface area (Å²) in [6.45, 7) is 6.20. The van der Waals surface area contributed by atoms with E-state index in [1.165, 1.54) is 0 Å². The summed E-state index contributed by atoms with van der Waals surface area (Å²) in [4.78, 5) is 23.6. The van der Waals surface area contributed by atoms with Crippen molar-refractivity contribution in [2.24, 2.45) is 5.92 Å². The second-order valence-corrected chi connectivity index (χ2v) is 6.20. The summed E-state index contributed by atoms with van der Waals surface area (Å²) in [5.74, 6) is 0.107. The van der Waals surface area contributed by atoms with Crippen molar-refractivity contribution in [3.05, 3.63) is 35.9 Å². The van der Waals surface area contributed by atoms with Crippen LogP contribution in [0.3, 0.4) is 0 Å². The third kappa shape index (κ3) is 4.31. The Morgan fingerprint density at radius 2 is 1.95 bits per heavy atom. The number of nitrogens with one attached hydrogen (secondary N) is 2. The molecule has 0 bridgehead atoms. The van der Waals surface area contributed by atoms with E-state index in [0.717, 1.165) is 12.0 Å². The largest absolute Gasteiger partial charge is 0.460 e. The Balaban J connectivity index is 1.79. The predicted molar refractivity (Wildman–Crippen MR) is 84.0 cm³/mol. The highest BCUT2D eigenvalue weighted by atomic mass is 16.5. The maximum Gasteiger partial charge on any atom is 0.323 e. The summed E-state index contributed by atoms with van der Waals surface area (Å²) in [6.07, 6.45) is 0.898. The first-order valence-corrected chi connectivity index (χ1v) is 7.74. The smallest absolute Gasteiger partial charge is 0.323 e. The average molecular weight is 304 g/mol. The van der Waals surface area contributed by atoms with E-state index < -0.39 is 6.04 Å².